The van der Waals surface area contributed by atoms with Crippen molar-refractivity contribution in [3.8, 4) is 5.75 Å². The summed E-state index contributed by atoms with van der Waals surface area (Å²) in [7, 11) is 1.70. The molecule has 2 heteroatoms. The first kappa shape index (κ1) is 15.3. The van der Waals surface area contributed by atoms with Crippen LogP contribution in [-0.4, -0.2) is 12.1 Å². The second-order valence-electron chi connectivity index (χ2n) is 5.21. The Morgan fingerprint density at radius 1 is 1.24 bits per heavy atom. The minimum Gasteiger partial charge on any atom is -0.497 e. The molecule has 0 unspecified atom stereocenters. The van der Waals surface area contributed by atoms with Crippen molar-refractivity contribution < 1.29 is 4.74 Å². The molecule has 0 bridgehead atoms. The van der Waals surface area contributed by atoms with Crippen LogP contribution in [0.3, 0.4) is 0 Å². The van der Waals surface area contributed by atoms with E-state index in [0.29, 0.717) is 0 Å². The predicted molar refractivity (Wildman–Crippen MR) is 89.4 cm³/mol. The van der Waals surface area contributed by atoms with Gasteiger partial charge in [0.05, 0.1) is 12.8 Å². The second-order valence-corrected chi connectivity index (χ2v) is 5.21. The van der Waals surface area contributed by atoms with Gasteiger partial charge in [0, 0.05) is 6.20 Å². The zero-order chi connectivity index (χ0) is 15.1. The number of allylic oxidation sites excluding steroid dienone is 1. The fourth-order valence-electron chi connectivity index (χ4n) is 2.42. The van der Waals surface area contributed by atoms with Gasteiger partial charge in [0.15, 0.2) is 0 Å². The Morgan fingerprint density at radius 2 is 2.10 bits per heavy atom. The van der Waals surface area contributed by atoms with Gasteiger partial charge < -0.3 is 4.74 Å². The Kier molecular flexibility index (Phi) is 5.56. The lowest BCUT2D eigenvalue weighted by Gasteiger charge is -2.12. The molecule has 0 saturated carbocycles. The van der Waals surface area contributed by atoms with Gasteiger partial charge in [0.25, 0.3) is 0 Å². The third-order valence-electron chi connectivity index (χ3n) is 3.59. The molecule has 0 amide bonds. The maximum Gasteiger partial charge on any atom is 0.119 e. The summed E-state index contributed by atoms with van der Waals surface area (Å²) in [5.41, 5.74) is 4.89. The van der Waals surface area contributed by atoms with Gasteiger partial charge in [-0.15, -0.1) is 0 Å². The number of nitrogens with zero attached hydrogens (tertiary/aromatic N) is 1. The van der Waals surface area contributed by atoms with E-state index >= 15 is 0 Å². The van der Waals surface area contributed by atoms with Gasteiger partial charge in [0.1, 0.15) is 5.75 Å². The molecule has 0 spiro atoms. The Morgan fingerprint density at radius 3 is 2.71 bits per heavy atom. The number of aryl methyl sites for hydroxylation is 1. The second kappa shape index (κ2) is 7.63. The molecular weight excluding hydrogens is 258 g/mol. The summed E-state index contributed by atoms with van der Waals surface area (Å²) >= 11 is 0. The Hall–Kier alpha value is -2.09. The van der Waals surface area contributed by atoms with E-state index in [2.05, 4.69) is 37.0 Å². The molecule has 2 aromatic rings. The van der Waals surface area contributed by atoms with Crippen LogP contribution in [0.4, 0.5) is 0 Å². The number of hydrogen-bond acceptors (Lipinski definition) is 2. The van der Waals surface area contributed by atoms with Crippen molar-refractivity contribution in [3.63, 3.8) is 0 Å². The molecule has 0 radical (unpaired) electrons. The van der Waals surface area contributed by atoms with Gasteiger partial charge in [-0.2, -0.15) is 0 Å². The average molecular weight is 281 g/mol. The highest BCUT2D eigenvalue weighted by Crippen LogP contribution is 2.28. The summed E-state index contributed by atoms with van der Waals surface area (Å²) < 4.78 is 5.30. The molecule has 1 heterocycles. The van der Waals surface area contributed by atoms with E-state index in [-0.39, 0.29) is 0 Å². The first-order valence-corrected chi connectivity index (χ1v) is 7.51. The summed E-state index contributed by atoms with van der Waals surface area (Å²) in [6.45, 7) is 4.36. The summed E-state index contributed by atoms with van der Waals surface area (Å²) in [6, 6.07) is 12.3. The van der Waals surface area contributed by atoms with Crippen molar-refractivity contribution in [1.82, 2.24) is 4.98 Å². The number of ether oxygens (including phenoxy) is 1. The van der Waals surface area contributed by atoms with E-state index in [9.17, 15) is 0 Å². The molecule has 0 aliphatic heterocycles. The van der Waals surface area contributed by atoms with Crippen LogP contribution in [0, 0.1) is 6.92 Å². The number of rotatable bonds is 6. The minimum absolute atomic E-state index is 0.906. The zero-order valence-electron chi connectivity index (χ0n) is 13.1. The smallest absolute Gasteiger partial charge is 0.119 e. The molecular formula is C19H23NO. The van der Waals surface area contributed by atoms with Crippen LogP contribution in [0.1, 0.15) is 43.0 Å². The van der Waals surface area contributed by atoms with Crippen LogP contribution in [0.15, 0.2) is 42.6 Å². The third kappa shape index (κ3) is 4.19. The molecule has 1 aromatic carbocycles. The SMILES string of the molecule is CCCC/C(=C\c1ccccn1)c1ccc(OC)cc1C. The van der Waals surface area contributed by atoms with Crippen LogP contribution in [-0.2, 0) is 0 Å². The topological polar surface area (TPSA) is 22.1 Å². The minimum atomic E-state index is 0.906. The highest BCUT2D eigenvalue weighted by molar-refractivity contribution is 5.82. The van der Waals surface area contributed by atoms with Gasteiger partial charge in [-0.05, 0) is 66.8 Å². The lowest BCUT2D eigenvalue weighted by Crippen LogP contribution is -1.92. The van der Waals surface area contributed by atoms with Crippen molar-refractivity contribution in [2.24, 2.45) is 0 Å². The lowest BCUT2D eigenvalue weighted by molar-refractivity contribution is 0.414. The largest absolute Gasteiger partial charge is 0.497 e. The standard InChI is InChI=1S/C19H23NO/c1-4-5-8-16(14-17-9-6-7-12-20-17)19-11-10-18(21-3)13-15(19)2/h6-7,9-14H,4-5,8H2,1-3H3/b16-14+. The summed E-state index contributed by atoms with van der Waals surface area (Å²) in [5, 5.41) is 0. The summed E-state index contributed by atoms with van der Waals surface area (Å²) in [5.74, 6) is 0.906. The van der Waals surface area contributed by atoms with Crippen LogP contribution < -0.4 is 4.74 Å². The molecule has 21 heavy (non-hydrogen) atoms. The summed E-state index contributed by atoms with van der Waals surface area (Å²) in [6.07, 6.45) is 7.48. The average Bonchev–Trinajstić information content (AvgIpc) is 2.52. The number of unbranched alkanes of at least 4 members (excludes halogenated alkanes) is 1. The number of benzene rings is 1. The molecule has 0 aliphatic rings. The predicted octanol–water partition coefficient (Wildman–Crippen LogP) is 5.13. The number of aromatic nitrogens is 1. The highest BCUT2D eigenvalue weighted by Gasteiger charge is 2.07. The van der Waals surface area contributed by atoms with Crippen molar-refractivity contribution in [3.05, 3.63) is 59.4 Å². The third-order valence-corrected chi connectivity index (χ3v) is 3.59. The first-order chi connectivity index (χ1) is 10.2. The first-order valence-electron chi connectivity index (χ1n) is 7.51. The lowest BCUT2D eigenvalue weighted by atomic mass is 9.95. The van der Waals surface area contributed by atoms with Crippen LogP contribution in [0.25, 0.3) is 11.6 Å². The molecule has 0 N–H and O–H groups in total. The van der Waals surface area contributed by atoms with E-state index in [1.165, 1.54) is 29.5 Å². The molecule has 2 rings (SSSR count). The Labute approximate surface area is 127 Å². The molecule has 0 saturated heterocycles. The van der Waals surface area contributed by atoms with E-state index in [4.69, 9.17) is 4.74 Å². The molecule has 0 atom stereocenters. The molecule has 0 aliphatic carbocycles. The number of pyridine rings is 1. The normalized spacial score (nSPS) is 11.5. The van der Waals surface area contributed by atoms with Gasteiger partial charge in [-0.25, -0.2) is 0 Å². The van der Waals surface area contributed by atoms with Crippen molar-refractivity contribution in [1.29, 1.82) is 0 Å². The van der Waals surface area contributed by atoms with Gasteiger partial charge in [0.2, 0.25) is 0 Å². The fraction of sp³-hybridized carbons (Fsp3) is 0.316. The van der Waals surface area contributed by atoms with Crippen molar-refractivity contribution in [2.75, 3.05) is 7.11 Å². The van der Waals surface area contributed by atoms with Crippen molar-refractivity contribution >= 4 is 11.6 Å². The molecule has 0 fully saturated rings. The number of hydrogen-bond donors (Lipinski definition) is 0. The quantitative estimate of drug-likeness (QED) is 0.732. The van der Waals surface area contributed by atoms with E-state index in [0.717, 1.165) is 17.9 Å². The van der Waals surface area contributed by atoms with Crippen molar-refractivity contribution in [2.45, 2.75) is 33.1 Å². The summed E-state index contributed by atoms with van der Waals surface area (Å²) in [4.78, 5) is 4.41. The van der Waals surface area contributed by atoms with E-state index in [1.54, 1.807) is 7.11 Å². The fourth-order valence-corrected chi connectivity index (χ4v) is 2.42. The maximum atomic E-state index is 5.30. The van der Waals surface area contributed by atoms with Gasteiger partial charge >= 0.3 is 0 Å². The van der Waals surface area contributed by atoms with Crippen LogP contribution in [0.5, 0.6) is 5.75 Å². The Balaban J connectivity index is 2.38. The van der Waals surface area contributed by atoms with E-state index in [1.807, 2.05) is 30.5 Å². The van der Waals surface area contributed by atoms with E-state index < -0.39 is 0 Å². The highest BCUT2D eigenvalue weighted by atomic mass is 16.5. The van der Waals surface area contributed by atoms with Gasteiger partial charge in [-0.1, -0.05) is 25.5 Å². The zero-order valence-corrected chi connectivity index (χ0v) is 13.1. The molecule has 2 nitrogen and oxygen atoms in total. The molecule has 110 valence electrons. The van der Waals surface area contributed by atoms with Crippen LogP contribution >= 0.6 is 0 Å². The Bertz CT molecular complexity index is 602. The number of methoxy groups -OCH3 is 1. The van der Waals surface area contributed by atoms with Gasteiger partial charge in [-0.3, -0.25) is 4.98 Å². The van der Waals surface area contributed by atoms with Crippen LogP contribution in [0.2, 0.25) is 0 Å². The maximum absolute atomic E-state index is 5.30. The molecule has 1 aromatic heterocycles. The monoisotopic (exact) mass is 281 g/mol.